The summed E-state index contributed by atoms with van der Waals surface area (Å²) in [4.78, 5) is 29.1. The molecule has 1 fully saturated rings. The molecule has 0 radical (unpaired) electrons. The van der Waals surface area contributed by atoms with E-state index in [1.165, 1.54) is 4.90 Å². The van der Waals surface area contributed by atoms with E-state index >= 15 is 0 Å². The molecule has 1 aliphatic heterocycles. The van der Waals surface area contributed by atoms with Crippen LogP contribution in [0.25, 0.3) is 0 Å². The molecule has 1 saturated heterocycles. The minimum atomic E-state index is -0.0217. The van der Waals surface area contributed by atoms with Crippen LogP contribution in [0.3, 0.4) is 0 Å². The number of thioether (sulfide) groups is 1. The van der Waals surface area contributed by atoms with Gasteiger partial charge in [-0.25, -0.2) is 4.79 Å². The molecule has 0 bridgehead atoms. The molecule has 1 aliphatic rings. The molecule has 0 spiro atoms. The lowest BCUT2D eigenvalue weighted by Gasteiger charge is -2.34. The van der Waals surface area contributed by atoms with Crippen LogP contribution in [0.5, 0.6) is 0 Å². The first-order chi connectivity index (χ1) is 11.1. The number of benzene rings is 1. The fraction of sp³-hybridized carbons (Fsp3) is 0.529. The average molecular weight is 335 g/mol. The van der Waals surface area contributed by atoms with Gasteiger partial charge in [-0.3, -0.25) is 4.79 Å². The number of amides is 3. The quantitative estimate of drug-likeness (QED) is 0.840. The highest BCUT2D eigenvalue weighted by atomic mass is 32.2. The third-order valence-electron chi connectivity index (χ3n) is 3.96. The van der Waals surface area contributed by atoms with Crippen LogP contribution in [0.4, 0.5) is 4.79 Å². The molecule has 3 amide bonds. The molecule has 1 aromatic rings. The highest BCUT2D eigenvalue weighted by molar-refractivity contribution is 7.98. The summed E-state index contributed by atoms with van der Waals surface area (Å²) in [6.45, 7) is 5.16. The van der Waals surface area contributed by atoms with Crippen molar-refractivity contribution in [3.8, 4) is 0 Å². The van der Waals surface area contributed by atoms with Gasteiger partial charge in [-0.2, -0.15) is 0 Å². The average Bonchev–Trinajstić information content (AvgIpc) is 2.60. The summed E-state index contributed by atoms with van der Waals surface area (Å²) in [6, 6.07) is 8.09. The van der Waals surface area contributed by atoms with Crippen molar-refractivity contribution in [3.63, 3.8) is 0 Å². The molecule has 0 atom stereocenters. The van der Waals surface area contributed by atoms with Crippen molar-refractivity contribution in [1.29, 1.82) is 0 Å². The molecule has 126 valence electrons. The molecule has 0 saturated carbocycles. The van der Waals surface area contributed by atoms with Crippen molar-refractivity contribution in [3.05, 3.63) is 29.8 Å². The summed E-state index contributed by atoms with van der Waals surface area (Å²) >= 11 is 1.69. The molecule has 0 aliphatic carbocycles. The normalized spacial score (nSPS) is 14.7. The van der Waals surface area contributed by atoms with Gasteiger partial charge in [-0.15, -0.1) is 11.8 Å². The van der Waals surface area contributed by atoms with Crippen molar-refractivity contribution in [2.24, 2.45) is 0 Å². The number of rotatable bonds is 5. The minimum absolute atomic E-state index is 0.0217. The summed E-state index contributed by atoms with van der Waals surface area (Å²) in [5.41, 5.74) is 1.04. The minimum Gasteiger partial charge on any atom is -0.339 e. The number of piperazine rings is 1. The van der Waals surface area contributed by atoms with Crippen LogP contribution in [-0.4, -0.2) is 60.7 Å². The van der Waals surface area contributed by atoms with Crippen LogP contribution in [0, 0.1) is 0 Å². The van der Waals surface area contributed by atoms with Crippen LogP contribution in [0.15, 0.2) is 29.2 Å². The van der Waals surface area contributed by atoms with E-state index in [1.807, 2.05) is 42.3 Å². The fourth-order valence-electron chi connectivity index (χ4n) is 2.53. The molecule has 23 heavy (non-hydrogen) atoms. The lowest BCUT2D eigenvalue weighted by Crippen LogP contribution is -2.53. The van der Waals surface area contributed by atoms with Crippen molar-refractivity contribution in [1.82, 2.24) is 15.1 Å². The Kier molecular flexibility index (Phi) is 6.77. The van der Waals surface area contributed by atoms with E-state index in [4.69, 9.17) is 0 Å². The molecule has 0 unspecified atom stereocenters. The highest BCUT2D eigenvalue weighted by Crippen LogP contribution is 2.15. The second kappa shape index (κ2) is 8.82. The largest absolute Gasteiger partial charge is 0.339 e. The van der Waals surface area contributed by atoms with E-state index in [2.05, 4.69) is 5.32 Å². The van der Waals surface area contributed by atoms with Crippen LogP contribution in [0.2, 0.25) is 0 Å². The first-order valence-electron chi connectivity index (χ1n) is 8.07. The zero-order chi connectivity index (χ0) is 16.7. The predicted molar refractivity (Wildman–Crippen MR) is 93.8 cm³/mol. The Morgan fingerprint density at radius 1 is 1.09 bits per heavy atom. The highest BCUT2D eigenvalue weighted by Gasteiger charge is 2.23. The van der Waals surface area contributed by atoms with E-state index in [1.54, 1.807) is 16.7 Å². The maximum atomic E-state index is 12.4. The number of carbonyl (C=O) groups is 2. The van der Waals surface area contributed by atoms with Gasteiger partial charge in [-0.05, 0) is 30.4 Å². The van der Waals surface area contributed by atoms with Crippen LogP contribution in [-0.2, 0) is 11.2 Å². The molecule has 5 nitrogen and oxygen atoms in total. The third-order valence-corrected chi connectivity index (χ3v) is 4.70. The van der Waals surface area contributed by atoms with Crippen molar-refractivity contribution < 1.29 is 9.59 Å². The Hall–Kier alpha value is -1.69. The molecule has 1 aromatic carbocycles. The zero-order valence-corrected chi connectivity index (χ0v) is 14.7. The molecule has 6 heteroatoms. The van der Waals surface area contributed by atoms with E-state index < -0.39 is 0 Å². The lowest BCUT2D eigenvalue weighted by molar-refractivity contribution is -0.131. The standard InChI is InChI=1S/C17H25N3O2S/c1-3-8-18-17(22)20-11-9-19(10-12-20)16(21)13-14-4-6-15(23-2)7-5-14/h4-7H,3,8-13H2,1-2H3,(H,18,22). The van der Waals surface area contributed by atoms with Gasteiger partial charge in [0.1, 0.15) is 0 Å². The SMILES string of the molecule is CCCNC(=O)N1CCN(C(=O)Cc2ccc(SC)cc2)CC1. The smallest absolute Gasteiger partial charge is 0.317 e. The summed E-state index contributed by atoms with van der Waals surface area (Å²) in [5, 5.41) is 2.88. The summed E-state index contributed by atoms with van der Waals surface area (Å²) < 4.78 is 0. The number of nitrogens with zero attached hydrogens (tertiary/aromatic N) is 2. The van der Waals surface area contributed by atoms with Gasteiger partial charge in [0, 0.05) is 37.6 Å². The van der Waals surface area contributed by atoms with Gasteiger partial charge < -0.3 is 15.1 Å². The van der Waals surface area contributed by atoms with Crippen LogP contribution < -0.4 is 5.32 Å². The Morgan fingerprint density at radius 3 is 2.26 bits per heavy atom. The van der Waals surface area contributed by atoms with E-state index in [0.717, 1.165) is 12.0 Å². The number of hydrogen-bond acceptors (Lipinski definition) is 3. The second-order valence-electron chi connectivity index (χ2n) is 5.62. The van der Waals surface area contributed by atoms with E-state index in [-0.39, 0.29) is 11.9 Å². The van der Waals surface area contributed by atoms with Gasteiger partial charge >= 0.3 is 6.03 Å². The Bertz CT molecular complexity index is 525. The second-order valence-corrected chi connectivity index (χ2v) is 6.50. The first kappa shape index (κ1) is 17.7. The van der Waals surface area contributed by atoms with E-state index in [9.17, 15) is 9.59 Å². The zero-order valence-electron chi connectivity index (χ0n) is 13.9. The Labute approximate surface area is 142 Å². The predicted octanol–water partition coefficient (Wildman–Crippen LogP) is 2.21. The van der Waals surface area contributed by atoms with Crippen LogP contribution in [0.1, 0.15) is 18.9 Å². The van der Waals surface area contributed by atoms with Crippen molar-refractivity contribution in [2.45, 2.75) is 24.7 Å². The molecular weight excluding hydrogens is 310 g/mol. The number of urea groups is 1. The monoisotopic (exact) mass is 335 g/mol. The molecule has 1 heterocycles. The topological polar surface area (TPSA) is 52.7 Å². The summed E-state index contributed by atoms with van der Waals surface area (Å²) in [7, 11) is 0. The summed E-state index contributed by atoms with van der Waals surface area (Å²) in [5.74, 6) is 0.135. The number of hydrogen-bond donors (Lipinski definition) is 1. The van der Waals surface area contributed by atoms with Gasteiger partial charge in [0.05, 0.1) is 6.42 Å². The molecular formula is C17H25N3O2S. The maximum absolute atomic E-state index is 12.4. The maximum Gasteiger partial charge on any atom is 0.317 e. The van der Waals surface area contributed by atoms with Gasteiger partial charge in [0.25, 0.3) is 0 Å². The van der Waals surface area contributed by atoms with E-state index in [0.29, 0.717) is 39.1 Å². The van der Waals surface area contributed by atoms with Crippen molar-refractivity contribution in [2.75, 3.05) is 39.0 Å². The fourth-order valence-corrected chi connectivity index (χ4v) is 2.94. The van der Waals surface area contributed by atoms with Gasteiger partial charge in [0.2, 0.25) is 5.91 Å². The molecule has 0 aromatic heterocycles. The van der Waals surface area contributed by atoms with Crippen molar-refractivity contribution >= 4 is 23.7 Å². The summed E-state index contributed by atoms with van der Waals surface area (Å²) in [6.07, 6.45) is 3.40. The third kappa shape index (κ3) is 5.16. The number of carbonyl (C=O) groups excluding carboxylic acids is 2. The first-order valence-corrected chi connectivity index (χ1v) is 9.30. The molecule has 2 rings (SSSR count). The Balaban J connectivity index is 1.79. The number of nitrogens with one attached hydrogen (secondary N) is 1. The van der Waals surface area contributed by atoms with Crippen LogP contribution >= 0.6 is 11.8 Å². The molecule has 1 N–H and O–H groups in total. The Morgan fingerprint density at radius 2 is 1.70 bits per heavy atom. The van der Waals surface area contributed by atoms with Gasteiger partial charge in [-0.1, -0.05) is 19.1 Å². The van der Waals surface area contributed by atoms with Gasteiger partial charge in [0.15, 0.2) is 0 Å². The lowest BCUT2D eigenvalue weighted by atomic mass is 10.1.